The van der Waals surface area contributed by atoms with Crippen LogP contribution in [0.1, 0.15) is 55.2 Å². The van der Waals surface area contributed by atoms with Crippen LogP contribution in [0.2, 0.25) is 0 Å². The number of benzene rings is 1. The molecule has 6 nitrogen and oxygen atoms in total. The van der Waals surface area contributed by atoms with Crippen LogP contribution in [-0.4, -0.2) is 41.9 Å². The average Bonchev–Trinajstić information content (AvgIpc) is 3.48. The zero-order valence-electron chi connectivity index (χ0n) is 18.9. The molecule has 3 heterocycles. The Hall–Kier alpha value is -2.60. The number of carbonyl (C=O) groups is 1. The highest BCUT2D eigenvalue weighted by molar-refractivity contribution is 5.92. The van der Waals surface area contributed by atoms with Crippen molar-refractivity contribution >= 4 is 17.3 Å². The third kappa shape index (κ3) is 4.90. The molecule has 5 rings (SSSR count). The molecule has 6 heteroatoms. The highest BCUT2D eigenvalue weighted by atomic mass is 16.5. The first kappa shape index (κ1) is 21.3. The molecule has 0 radical (unpaired) electrons. The van der Waals surface area contributed by atoms with Crippen LogP contribution in [0, 0.1) is 5.92 Å². The predicted octanol–water partition coefficient (Wildman–Crippen LogP) is 3.96. The van der Waals surface area contributed by atoms with E-state index in [1.54, 1.807) is 0 Å². The van der Waals surface area contributed by atoms with Gasteiger partial charge in [0.25, 0.3) is 0 Å². The summed E-state index contributed by atoms with van der Waals surface area (Å²) in [5.41, 5.74) is 10.7. The van der Waals surface area contributed by atoms with Gasteiger partial charge in [0, 0.05) is 31.1 Å². The van der Waals surface area contributed by atoms with Gasteiger partial charge in [0.15, 0.2) is 5.78 Å². The van der Waals surface area contributed by atoms with E-state index in [-0.39, 0.29) is 5.78 Å². The summed E-state index contributed by atoms with van der Waals surface area (Å²) in [6, 6.07) is 10.7. The fraction of sp³-hybridized carbons (Fsp3) is 0.538. The van der Waals surface area contributed by atoms with Gasteiger partial charge in [-0.1, -0.05) is 37.1 Å². The number of pyridine rings is 1. The number of ether oxygens (including phenoxy) is 1. The highest BCUT2D eigenvalue weighted by Crippen LogP contribution is 2.34. The first-order chi connectivity index (χ1) is 15.6. The Morgan fingerprint density at radius 3 is 2.56 bits per heavy atom. The largest absolute Gasteiger partial charge is 0.477 e. The molecule has 2 aromatic rings. The quantitative estimate of drug-likeness (QED) is 0.711. The number of nitrogens with two attached hydrogens (primary N) is 1. The molecule has 0 bridgehead atoms. The van der Waals surface area contributed by atoms with Gasteiger partial charge in [-0.05, 0) is 55.8 Å². The van der Waals surface area contributed by atoms with Crippen LogP contribution in [0.4, 0.5) is 11.5 Å². The van der Waals surface area contributed by atoms with Crippen LogP contribution in [0.3, 0.4) is 0 Å². The Morgan fingerprint density at radius 2 is 1.78 bits per heavy atom. The molecular formula is C26H34N4O2. The van der Waals surface area contributed by atoms with Crippen molar-refractivity contribution in [2.24, 2.45) is 5.92 Å². The fourth-order valence-corrected chi connectivity index (χ4v) is 5.41. The number of likely N-dealkylation sites (tertiary alicyclic amines) is 1. The van der Waals surface area contributed by atoms with E-state index in [2.05, 4.69) is 39.0 Å². The molecular weight excluding hydrogens is 400 g/mol. The molecule has 3 aliphatic rings. The van der Waals surface area contributed by atoms with E-state index < -0.39 is 0 Å². The topological polar surface area (TPSA) is 71.7 Å². The molecule has 0 atom stereocenters. The molecule has 0 unspecified atom stereocenters. The van der Waals surface area contributed by atoms with Gasteiger partial charge >= 0.3 is 0 Å². The maximum absolute atomic E-state index is 12.5. The SMILES string of the molecule is Nc1nc(OCC2CCCC2)cc2c1CC(=O)CN2Cc1cccc(CN2CCCC2)c1. The van der Waals surface area contributed by atoms with Crippen LogP contribution in [0.15, 0.2) is 30.3 Å². The van der Waals surface area contributed by atoms with Gasteiger partial charge in [0.1, 0.15) is 5.82 Å². The van der Waals surface area contributed by atoms with Gasteiger partial charge in [0.05, 0.1) is 18.8 Å². The predicted molar refractivity (Wildman–Crippen MR) is 127 cm³/mol. The third-order valence-corrected chi connectivity index (χ3v) is 7.10. The summed E-state index contributed by atoms with van der Waals surface area (Å²) >= 11 is 0. The van der Waals surface area contributed by atoms with E-state index in [0.29, 0.717) is 43.7 Å². The van der Waals surface area contributed by atoms with Crippen molar-refractivity contribution in [3.63, 3.8) is 0 Å². The standard InChI is InChI=1S/C26H34N4O2/c27-26-23-13-22(31)17-30(24(23)14-25(28-26)32-18-19-6-1-2-7-19)16-21-9-5-8-20(12-21)15-29-10-3-4-11-29/h5,8-9,12,14,19H,1-4,6-7,10-11,13,15-18H2,(H2,27,28). The second kappa shape index (κ2) is 9.49. The molecule has 1 aromatic carbocycles. The maximum Gasteiger partial charge on any atom is 0.217 e. The van der Waals surface area contributed by atoms with Crippen molar-refractivity contribution in [2.45, 2.75) is 58.0 Å². The van der Waals surface area contributed by atoms with Gasteiger partial charge in [-0.25, -0.2) is 0 Å². The number of Topliss-reactive ketones (excluding diaryl/α,β-unsaturated/α-hetero) is 1. The zero-order chi connectivity index (χ0) is 21.9. The number of nitrogen functional groups attached to an aromatic ring is 1. The van der Waals surface area contributed by atoms with Crippen molar-refractivity contribution < 1.29 is 9.53 Å². The number of hydrogen-bond donors (Lipinski definition) is 1. The Kier molecular flexibility index (Phi) is 6.30. The molecule has 32 heavy (non-hydrogen) atoms. The minimum atomic E-state index is 0.179. The number of aromatic nitrogens is 1. The summed E-state index contributed by atoms with van der Waals surface area (Å²) in [7, 11) is 0. The lowest BCUT2D eigenvalue weighted by Gasteiger charge is -2.31. The van der Waals surface area contributed by atoms with Gasteiger partial charge in [-0.2, -0.15) is 4.98 Å². The Morgan fingerprint density at radius 1 is 1.03 bits per heavy atom. The van der Waals surface area contributed by atoms with E-state index in [1.165, 1.54) is 62.7 Å². The Balaban J connectivity index is 1.34. The first-order valence-electron chi connectivity index (χ1n) is 12.1. The number of rotatable bonds is 7. The number of fused-ring (bicyclic) bond motifs is 1. The molecule has 1 aromatic heterocycles. The summed E-state index contributed by atoms with van der Waals surface area (Å²) in [6.45, 7) is 5.15. The minimum Gasteiger partial charge on any atom is -0.477 e. The number of anilines is 2. The highest BCUT2D eigenvalue weighted by Gasteiger charge is 2.27. The zero-order valence-corrected chi connectivity index (χ0v) is 18.9. The molecule has 2 aliphatic heterocycles. The van der Waals surface area contributed by atoms with E-state index in [0.717, 1.165) is 17.8 Å². The van der Waals surface area contributed by atoms with Crippen LogP contribution in [0.5, 0.6) is 5.88 Å². The second-order valence-corrected chi connectivity index (χ2v) is 9.68. The molecule has 1 saturated heterocycles. The summed E-state index contributed by atoms with van der Waals surface area (Å²) in [6.07, 6.45) is 7.99. The molecule has 1 saturated carbocycles. The fourth-order valence-electron chi connectivity index (χ4n) is 5.41. The lowest BCUT2D eigenvalue weighted by atomic mass is 10.0. The number of ketones is 1. The summed E-state index contributed by atoms with van der Waals surface area (Å²) in [4.78, 5) is 21.6. The van der Waals surface area contributed by atoms with Crippen molar-refractivity contribution in [1.82, 2.24) is 9.88 Å². The minimum absolute atomic E-state index is 0.179. The molecule has 2 fully saturated rings. The van der Waals surface area contributed by atoms with Gasteiger partial charge in [-0.3, -0.25) is 9.69 Å². The van der Waals surface area contributed by atoms with Gasteiger partial charge in [0.2, 0.25) is 5.88 Å². The summed E-state index contributed by atoms with van der Waals surface area (Å²) in [5.74, 6) is 1.80. The van der Waals surface area contributed by atoms with E-state index in [9.17, 15) is 4.79 Å². The lowest BCUT2D eigenvalue weighted by molar-refractivity contribution is -0.117. The second-order valence-electron chi connectivity index (χ2n) is 9.68. The van der Waals surface area contributed by atoms with Crippen LogP contribution >= 0.6 is 0 Å². The normalized spacial score (nSPS) is 19.5. The molecule has 1 aliphatic carbocycles. The van der Waals surface area contributed by atoms with Gasteiger partial charge in [-0.15, -0.1) is 0 Å². The Labute approximate surface area is 190 Å². The van der Waals surface area contributed by atoms with E-state index in [4.69, 9.17) is 10.5 Å². The summed E-state index contributed by atoms with van der Waals surface area (Å²) in [5, 5.41) is 0. The van der Waals surface area contributed by atoms with E-state index >= 15 is 0 Å². The van der Waals surface area contributed by atoms with Crippen molar-refractivity contribution in [3.05, 3.63) is 47.0 Å². The van der Waals surface area contributed by atoms with Crippen molar-refractivity contribution in [1.29, 1.82) is 0 Å². The van der Waals surface area contributed by atoms with Crippen molar-refractivity contribution in [3.8, 4) is 5.88 Å². The number of hydrogen-bond acceptors (Lipinski definition) is 6. The maximum atomic E-state index is 12.5. The molecule has 2 N–H and O–H groups in total. The summed E-state index contributed by atoms with van der Waals surface area (Å²) < 4.78 is 6.05. The van der Waals surface area contributed by atoms with E-state index in [1.807, 2.05) is 6.07 Å². The van der Waals surface area contributed by atoms with Gasteiger partial charge < -0.3 is 15.4 Å². The first-order valence-corrected chi connectivity index (χ1v) is 12.1. The lowest BCUT2D eigenvalue weighted by Crippen LogP contribution is -2.36. The monoisotopic (exact) mass is 434 g/mol. The van der Waals surface area contributed by atoms with Crippen LogP contribution in [-0.2, 0) is 24.3 Å². The Bertz CT molecular complexity index is 964. The molecule has 0 spiro atoms. The number of nitrogens with zero attached hydrogens (tertiary/aromatic N) is 3. The molecule has 170 valence electrons. The number of carbonyl (C=O) groups excluding carboxylic acids is 1. The average molecular weight is 435 g/mol. The van der Waals surface area contributed by atoms with Crippen LogP contribution in [0.25, 0.3) is 0 Å². The van der Waals surface area contributed by atoms with Crippen LogP contribution < -0.4 is 15.4 Å². The third-order valence-electron chi connectivity index (χ3n) is 7.10. The van der Waals surface area contributed by atoms with Crippen molar-refractivity contribution in [2.75, 3.05) is 36.9 Å². The molecule has 0 amide bonds. The smallest absolute Gasteiger partial charge is 0.217 e.